The van der Waals surface area contributed by atoms with Crippen molar-refractivity contribution in [2.45, 2.75) is 70.6 Å². The van der Waals surface area contributed by atoms with Crippen LogP contribution in [-0.4, -0.2) is 35.0 Å². The maximum Gasteiger partial charge on any atom is 0.217 e. The zero-order chi connectivity index (χ0) is 11.0. The van der Waals surface area contributed by atoms with Gasteiger partial charge in [-0.15, -0.1) is 0 Å². The van der Waals surface area contributed by atoms with Crippen molar-refractivity contribution >= 4 is 5.91 Å². The van der Waals surface area contributed by atoms with Crippen LogP contribution in [0.5, 0.6) is 0 Å². The molecule has 3 atom stereocenters. The van der Waals surface area contributed by atoms with Gasteiger partial charge < -0.3 is 5.32 Å². The first-order valence-electron chi connectivity index (χ1n) is 6.12. The molecule has 2 bridgehead atoms. The lowest BCUT2D eigenvalue weighted by atomic mass is 9.96. The molecule has 0 aromatic carbocycles. The highest BCUT2D eigenvalue weighted by Gasteiger charge is 2.41. The van der Waals surface area contributed by atoms with E-state index in [0.29, 0.717) is 24.2 Å². The van der Waals surface area contributed by atoms with Gasteiger partial charge >= 0.3 is 0 Å². The number of nitrogens with one attached hydrogen (secondary N) is 1. The minimum atomic E-state index is 0.123. The van der Waals surface area contributed by atoms with Crippen molar-refractivity contribution in [2.75, 3.05) is 0 Å². The number of hydrogen-bond donors (Lipinski definition) is 1. The summed E-state index contributed by atoms with van der Waals surface area (Å²) in [5, 5.41) is 3.08. The van der Waals surface area contributed by atoms with Crippen LogP contribution in [0.3, 0.4) is 0 Å². The average molecular weight is 210 g/mol. The zero-order valence-electron chi connectivity index (χ0n) is 9.99. The third-order valence-corrected chi connectivity index (χ3v) is 3.79. The molecule has 0 radical (unpaired) electrons. The highest BCUT2D eigenvalue weighted by Crippen LogP contribution is 2.36. The van der Waals surface area contributed by atoms with E-state index < -0.39 is 0 Å². The van der Waals surface area contributed by atoms with Crippen LogP contribution >= 0.6 is 0 Å². The first-order chi connectivity index (χ1) is 7.08. The van der Waals surface area contributed by atoms with Crippen LogP contribution < -0.4 is 5.32 Å². The number of nitrogens with zero attached hydrogens (tertiary/aromatic N) is 1. The van der Waals surface area contributed by atoms with E-state index in [4.69, 9.17) is 0 Å². The van der Waals surface area contributed by atoms with E-state index in [1.54, 1.807) is 6.92 Å². The summed E-state index contributed by atoms with van der Waals surface area (Å²) >= 11 is 0. The molecule has 1 N–H and O–H groups in total. The van der Waals surface area contributed by atoms with Crippen LogP contribution in [0.1, 0.15) is 46.5 Å². The van der Waals surface area contributed by atoms with Crippen molar-refractivity contribution in [3.63, 3.8) is 0 Å². The Morgan fingerprint density at radius 3 is 2.20 bits per heavy atom. The minimum Gasteiger partial charge on any atom is -0.353 e. The van der Waals surface area contributed by atoms with Gasteiger partial charge in [-0.2, -0.15) is 0 Å². The van der Waals surface area contributed by atoms with Crippen molar-refractivity contribution in [1.82, 2.24) is 10.2 Å². The summed E-state index contributed by atoms with van der Waals surface area (Å²) < 4.78 is 0. The third kappa shape index (κ3) is 2.17. The van der Waals surface area contributed by atoms with E-state index >= 15 is 0 Å². The fourth-order valence-electron chi connectivity index (χ4n) is 3.46. The van der Waals surface area contributed by atoms with Crippen LogP contribution in [0.25, 0.3) is 0 Å². The molecule has 0 saturated carbocycles. The largest absolute Gasteiger partial charge is 0.353 e. The van der Waals surface area contributed by atoms with Gasteiger partial charge in [0.1, 0.15) is 0 Å². The summed E-state index contributed by atoms with van der Waals surface area (Å²) in [6, 6.07) is 2.50. The van der Waals surface area contributed by atoms with Gasteiger partial charge in [0.15, 0.2) is 0 Å². The molecule has 2 aliphatic heterocycles. The average Bonchev–Trinajstić information content (AvgIpc) is 2.38. The molecular formula is C12H22N2O. The SMILES string of the molecule is CC(=O)NC1C[C@H]2CC[C@@H](C1)N2C(C)C. The lowest BCUT2D eigenvalue weighted by Crippen LogP contribution is -2.52. The molecule has 3 heteroatoms. The standard InChI is InChI=1S/C12H22N2O/c1-8(2)14-11-4-5-12(14)7-10(6-11)13-9(3)15/h8,10-12H,4-7H2,1-3H3,(H,13,15)/t10?,11-,12+. The van der Waals surface area contributed by atoms with Crippen molar-refractivity contribution < 1.29 is 4.79 Å². The first kappa shape index (κ1) is 10.9. The lowest BCUT2D eigenvalue weighted by Gasteiger charge is -2.41. The molecule has 0 aromatic rings. The predicted octanol–water partition coefficient (Wildman–Crippen LogP) is 1.53. The molecule has 15 heavy (non-hydrogen) atoms. The summed E-state index contributed by atoms with van der Waals surface area (Å²) in [7, 11) is 0. The number of hydrogen-bond acceptors (Lipinski definition) is 2. The van der Waals surface area contributed by atoms with Gasteiger partial charge in [-0.25, -0.2) is 0 Å². The molecule has 0 aliphatic carbocycles. The molecule has 2 saturated heterocycles. The van der Waals surface area contributed by atoms with Crippen molar-refractivity contribution in [3.8, 4) is 0 Å². The van der Waals surface area contributed by atoms with E-state index in [1.165, 1.54) is 12.8 Å². The van der Waals surface area contributed by atoms with Crippen molar-refractivity contribution in [3.05, 3.63) is 0 Å². The quantitative estimate of drug-likeness (QED) is 0.749. The van der Waals surface area contributed by atoms with Crippen LogP contribution in [0.4, 0.5) is 0 Å². The first-order valence-corrected chi connectivity index (χ1v) is 6.12. The summed E-state index contributed by atoms with van der Waals surface area (Å²) in [5.41, 5.74) is 0. The lowest BCUT2D eigenvalue weighted by molar-refractivity contribution is -0.120. The molecule has 2 rings (SSSR count). The number of amides is 1. The third-order valence-electron chi connectivity index (χ3n) is 3.79. The Balaban J connectivity index is 1.98. The Kier molecular flexibility index (Phi) is 3.01. The van der Waals surface area contributed by atoms with E-state index in [0.717, 1.165) is 12.8 Å². The smallest absolute Gasteiger partial charge is 0.217 e. The molecule has 2 heterocycles. The van der Waals surface area contributed by atoms with Crippen molar-refractivity contribution in [1.29, 1.82) is 0 Å². The molecule has 0 aromatic heterocycles. The van der Waals surface area contributed by atoms with E-state index in [9.17, 15) is 4.79 Å². The molecule has 1 unspecified atom stereocenters. The number of piperidine rings is 1. The number of carbonyl (C=O) groups is 1. The van der Waals surface area contributed by atoms with Gasteiger partial charge in [0.2, 0.25) is 5.91 Å². The van der Waals surface area contributed by atoms with Gasteiger partial charge in [-0.05, 0) is 39.5 Å². The van der Waals surface area contributed by atoms with Crippen LogP contribution in [0.15, 0.2) is 0 Å². The topological polar surface area (TPSA) is 32.3 Å². The predicted molar refractivity (Wildman–Crippen MR) is 60.6 cm³/mol. The molecule has 2 aliphatic rings. The van der Waals surface area contributed by atoms with Crippen molar-refractivity contribution in [2.24, 2.45) is 0 Å². The molecular weight excluding hydrogens is 188 g/mol. The Morgan fingerprint density at radius 1 is 1.27 bits per heavy atom. The van der Waals surface area contributed by atoms with Gasteiger partial charge in [0.05, 0.1) is 0 Å². The fourth-order valence-corrected chi connectivity index (χ4v) is 3.46. The summed E-state index contributed by atoms with van der Waals surface area (Å²) in [5.74, 6) is 0.123. The molecule has 3 nitrogen and oxygen atoms in total. The van der Waals surface area contributed by atoms with Gasteiger partial charge in [0.25, 0.3) is 0 Å². The molecule has 1 amide bonds. The van der Waals surface area contributed by atoms with E-state index in [1.807, 2.05) is 0 Å². The summed E-state index contributed by atoms with van der Waals surface area (Å²) in [6.07, 6.45) is 4.93. The fraction of sp³-hybridized carbons (Fsp3) is 0.917. The normalized spacial score (nSPS) is 35.9. The number of carbonyl (C=O) groups excluding carboxylic acids is 1. The number of fused-ring (bicyclic) bond motifs is 2. The zero-order valence-corrected chi connectivity index (χ0v) is 9.99. The Hall–Kier alpha value is -0.570. The highest BCUT2D eigenvalue weighted by molar-refractivity contribution is 5.73. The minimum absolute atomic E-state index is 0.123. The Labute approximate surface area is 92.2 Å². The van der Waals surface area contributed by atoms with Crippen LogP contribution in [0.2, 0.25) is 0 Å². The second kappa shape index (κ2) is 4.12. The van der Waals surface area contributed by atoms with Crippen LogP contribution in [0, 0.1) is 0 Å². The molecule has 2 fully saturated rings. The van der Waals surface area contributed by atoms with Gasteiger partial charge in [-0.1, -0.05) is 0 Å². The molecule has 86 valence electrons. The van der Waals surface area contributed by atoms with E-state index in [-0.39, 0.29) is 5.91 Å². The highest BCUT2D eigenvalue weighted by atomic mass is 16.1. The maximum absolute atomic E-state index is 11.0. The Bertz CT molecular complexity index is 238. The van der Waals surface area contributed by atoms with Crippen LogP contribution in [-0.2, 0) is 4.79 Å². The monoisotopic (exact) mass is 210 g/mol. The van der Waals surface area contributed by atoms with Gasteiger partial charge in [0, 0.05) is 31.1 Å². The molecule has 0 spiro atoms. The second-order valence-corrected chi connectivity index (χ2v) is 5.29. The number of rotatable bonds is 2. The maximum atomic E-state index is 11.0. The van der Waals surface area contributed by atoms with Gasteiger partial charge in [-0.3, -0.25) is 9.69 Å². The van der Waals surface area contributed by atoms with E-state index in [2.05, 4.69) is 24.1 Å². The second-order valence-electron chi connectivity index (χ2n) is 5.29. The summed E-state index contributed by atoms with van der Waals surface area (Å²) in [6.45, 7) is 6.19. The Morgan fingerprint density at radius 2 is 1.80 bits per heavy atom. The summed E-state index contributed by atoms with van der Waals surface area (Å²) in [4.78, 5) is 13.7.